The number of hydrogen-bond acceptors (Lipinski definition) is 8. The molecular formula is C23H29FN6O3. The average Bonchev–Trinajstić information content (AvgIpc) is 3.30. The molecule has 33 heavy (non-hydrogen) atoms. The van der Waals surface area contributed by atoms with Gasteiger partial charge in [0.25, 0.3) is 0 Å². The van der Waals surface area contributed by atoms with E-state index in [4.69, 9.17) is 14.2 Å². The molecule has 2 unspecified atom stereocenters. The molecule has 0 spiro atoms. The molecule has 1 aromatic carbocycles. The fourth-order valence-corrected chi connectivity index (χ4v) is 3.97. The van der Waals surface area contributed by atoms with Crippen molar-refractivity contribution in [1.82, 2.24) is 29.6 Å². The molecule has 4 rings (SSSR count). The van der Waals surface area contributed by atoms with Crippen LogP contribution in [0.1, 0.15) is 25.7 Å². The van der Waals surface area contributed by atoms with Gasteiger partial charge in [0.2, 0.25) is 0 Å². The lowest BCUT2D eigenvalue weighted by Gasteiger charge is -2.26. The van der Waals surface area contributed by atoms with Crippen LogP contribution in [0.25, 0.3) is 16.9 Å². The summed E-state index contributed by atoms with van der Waals surface area (Å²) in [5.74, 6) is 0.564. The Balaban J connectivity index is 1.53. The van der Waals surface area contributed by atoms with E-state index < -0.39 is 12.3 Å². The summed E-state index contributed by atoms with van der Waals surface area (Å²) < 4.78 is 33.2. The minimum Gasteiger partial charge on any atom is -0.467 e. The van der Waals surface area contributed by atoms with Crippen molar-refractivity contribution < 1.29 is 18.6 Å². The number of ether oxygens (including phenoxy) is 3. The molecule has 0 amide bonds. The topological polar surface area (TPSA) is 87.4 Å². The third-order valence-electron chi connectivity index (χ3n) is 5.83. The molecule has 2 aromatic heterocycles. The summed E-state index contributed by atoms with van der Waals surface area (Å²) in [6, 6.07) is 5.99. The van der Waals surface area contributed by atoms with Crippen LogP contribution in [-0.2, 0) is 4.74 Å². The first-order valence-corrected chi connectivity index (χ1v) is 11.0. The Morgan fingerprint density at radius 1 is 1.21 bits per heavy atom. The molecule has 0 radical (unpaired) electrons. The zero-order valence-electron chi connectivity index (χ0n) is 19.1. The Morgan fingerprint density at radius 3 is 2.79 bits per heavy atom. The van der Waals surface area contributed by atoms with E-state index in [2.05, 4.69) is 25.1 Å². The van der Waals surface area contributed by atoms with Gasteiger partial charge in [-0.25, -0.2) is 14.4 Å². The fourth-order valence-electron chi connectivity index (χ4n) is 3.97. The molecule has 176 valence electrons. The maximum atomic E-state index is 14.6. The minimum absolute atomic E-state index is 0.0696. The van der Waals surface area contributed by atoms with Crippen LogP contribution in [0.3, 0.4) is 0 Å². The summed E-state index contributed by atoms with van der Waals surface area (Å²) in [5, 5.41) is 8.38. The van der Waals surface area contributed by atoms with Gasteiger partial charge in [-0.05, 0) is 45.5 Å². The number of aromatic nitrogens is 5. The normalized spacial score (nSPS) is 21.1. The summed E-state index contributed by atoms with van der Waals surface area (Å²) in [4.78, 5) is 10.5. The van der Waals surface area contributed by atoms with Gasteiger partial charge in [0, 0.05) is 43.6 Å². The zero-order valence-corrected chi connectivity index (χ0v) is 19.1. The lowest BCUT2D eigenvalue weighted by molar-refractivity contribution is 0.0515. The number of benzene rings is 1. The van der Waals surface area contributed by atoms with Crippen molar-refractivity contribution >= 4 is 0 Å². The van der Waals surface area contributed by atoms with E-state index in [-0.39, 0.29) is 18.8 Å². The van der Waals surface area contributed by atoms with Crippen molar-refractivity contribution in [3.05, 3.63) is 43.1 Å². The molecule has 9 nitrogen and oxygen atoms in total. The summed E-state index contributed by atoms with van der Waals surface area (Å²) in [7, 11) is 5.57. The molecule has 1 aliphatic carbocycles. The maximum absolute atomic E-state index is 14.6. The molecule has 2 heterocycles. The summed E-state index contributed by atoms with van der Waals surface area (Å²) in [5.41, 5.74) is 2.09. The van der Waals surface area contributed by atoms with Crippen molar-refractivity contribution in [2.45, 2.75) is 44.0 Å². The number of nitrogens with zero attached hydrogens (tertiary/aromatic N) is 6. The van der Waals surface area contributed by atoms with Crippen molar-refractivity contribution in [3.8, 4) is 28.7 Å². The van der Waals surface area contributed by atoms with Crippen molar-refractivity contribution in [3.63, 3.8) is 0 Å². The number of methoxy groups -OCH3 is 1. The van der Waals surface area contributed by atoms with Gasteiger partial charge in [0.05, 0.1) is 18.2 Å². The predicted molar refractivity (Wildman–Crippen MR) is 120 cm³/mol. The zero-order chi connectivity index (χ0) is 23.2. The molecule has 1 fully saturated rings. The standard InChI is InChI=1S/C23H29FN6O3/c1-29(2)16-5-4-6-19(24)22(11-16)33-23-26-13-20(27-28-23)18-8-7-17(30-10-9-25-14-30)12-21(18)32-15-31-3/h7-10,12-14,16,19,22H,4-6,11,15H2,1-3H3/t16?,19?,22-/m0/s1. The number of halogens is 1. The van der Waals surface area contributed by atoms with Gasteiger partial charge in [0.15, 0.2) is 6.79 Å². The van der Waals surface area contributed by atoms with Gasteiger partial charge < -0.3 is 23.7 Å². The number of alkyl halides is 1. The second-order valence-electron chi connectivity index (χ2n) is 8.28. The van der Waals surface area contributed by atoms with Crippen LogP contribution in [0.5, 0.6) is 11.8 Å². The Bertz CT molecular complexity index is 1020. The SMILES string of the molecule is COCOc1cc(-n2ccnc2)ccc1-c1cnc(O[C@H]2CC(N(C)C)CCCC2F)nn1. The fraction of sp³-hybridized carbons (Fsp3) is 0.478. The average molecular weight is 457 g/mol. The lowest BCUT2D eigenvalue weighted by Crippen LogP contribution is -2.36. The van der Waals surface area contributed by atoms with Gasteiger partial charge >= 0.3 is 6.01 Å². The number of rotatable bonds is 8. The van der Waals surface area contributed by atoms with Crippen molar-refractivity contribution in [1.29, 1.82) is 0 Å². The highest BCUT2D eigenvalue weighted by Crippen LogP contribution is 2.31. The molecule has 0 aliphatic heterocycles. The molecule has 1 saturated carbocycles. The van der Waals surface area contributed by atoms with E-state index in [9.17, 15) is 4.39 Å². The first-order valence-electron chi connectivity index (χ1n) is 11.0. The van der Waals surface area contributed by atoms with Crippen LogP contribution in [0.2, 0.25) is 0 Å². The van der Waals surface area contributed by atoms with Gasteiger partial charge in [-0.15, -0.1) is 5.10 Å². The molecule has 0 saturated heterocycles. The second-order valence-corrected chi connectivity index (χ2v) is 8.28. The maximum Gasteiger partial charge on any atom is 0.336 e. The monoisotopic (exact) mass is 456 g/mol. The van der Waals surface area contributed by atoms with Crippen molar-refractivity contribution in [2.24, 2.45) is 0 Å². The molecular weight excluding hydrogens is 427 g/mol. The Morgan fingerprint density at radius 2 is 2.09 bits per heavy atom. The number of hydrogen-bond donors (Lipinski definition) is 0. The molecule has 0 N–H and O–H groups in total. The predicted octanol–water partition coefficient (Wildman–Crippen LogP) is 3.30. The van der Waals surface area contributed by atoms with Crippen LogP contribution in [0.15, 0.2) is 43.1 Å². The van der Waals surface area contributed by atoms with Crippen LogP contribution >= 0.6 is 0 Å². The van der Waals surface area contributed by atoms with Crippen LogP contribution < -0.4 is 9.47 Å². The lowest BCUT2D eigenvalue weighted by atomic mass is 10.1. The third-order valence-corrected chi connectivity index (χ3v) is 5.83. The quantitative estimate of drug-likeness (QED) is 0.377. The first kappa shape index (κ1) is 23.1. The molecule has 10 heteroatoms. The Kier molecular flexibility index (Phi) is 7.46. The Labute approximate surface area is 192 Å². The van der Waals surface area contributed by atoms with Gasteiger partial charge in [-0.2, -0.15) is 0 Å². The van der Waals surface area contributed by atoms with Gasteiger partial charge in [-0.3, -0.25) is 0 Å². The van der Waals surface area contributed by atoms with E-state index in [0.29, 0.717) is 29.8 Å². The van der Waals surface area contributed by atoms with E-state index in [1.165, 1.54) is 0 Å². The van der Waals surface area contributed by atoms with Crippen LogP contribution in [0.4, 0.5) is 4.39 Å². The van der Waals surface area contributed by atoms with Crippen LogP contribution in [0, 0.1) is 0 Å². The molecule has 1 aliphatic rings. The number of imidazole rings is 1. The van der Waals surface area contributed by atoms with Gasteiger partial charge in [0.1, 0.15) is 23.7 Å². The molecule has 3 atom stereocenters. The largest absolute Gasteiger partial charge is 0.467 e. The van der Waals surface area contributed by atoms with Crippen LogP contribution in [-0.4, -0.2) is 75.9 Å². The summed E-state index contributed by atoms with van der Waals surface area (Å²) in [6.45, 7) is 0.0784. The van der Waals surface area contributed by atoms with E-state index in [1.54, 1.807) is 25.8 Å². The summed E-state index contributed by atoms with van der Waals surface area (Å²) >= 11 is 0. The highest BCUT2D eigenvalue weighted by molar-refractivity contribution is 5.68. The van der Waals surface area contributed by atoms with Crippen molar-refractivity contribution in [2.75, 3.05) is 28.0 Å². The first-order chi connectivity index (χ1) is 16.0. The van der Waals surface area contributed by atoms with E-state index in [1.807, 2.05) is 43.1 Å². The highest BCUT2D eigenvalue weighted by Gasteiger charge is 2.31. The van der Waals surface area contributed by atoms with E-state index >= 15 is 0 Å². The molecule has 3 aromatic rings. The molecule has 0 bridgehead atoms. The Hall–Kier alpha value is -3.11. The second kappa shape index (κ2) is 10.7. The minimum atomic E-state index is -1.05. The smallest absolute Gasteiger partial charge is 0.336 e. The van der Waals surface area contributed by atoms with Gasteiger partial charge in [-0.1, -0.05) is 5.10 Å². The summed E-state index contributed by atoms with van der Waals surface area (Å²) in [6.07, 6.45) is 8.01. The van der Waals surface area contributed by atoms with E-state index in [0.717, 1.165) is 18.5 Å². The third kappa shape index (κ3) is 5.63. The highest BCUT2D eigenvalue weighted by atomic mass is 19.1.